The molecule has 0 aromatic rings. The number of nitrogens with one attached hydrogen (secondary N) is 1. The Morgan fingerprint density at radius 3 is 1.25 bits per heavy atom. The Morgan fingerprint density at radius 2 is 0.859 bits per heavy atom. The number of phosphoric acid groups is 1. The van der Waals surface area contributed by atoms with Crippen LogP contribution in [0.3, 0.4) is 0 Å². The second-order valence-electron chi connectivity index (χ2n) is 21.3. The number of phosphoric ester groups is 1. The van der Waals surface area contributed by atoms with Gasteiger partial charge in [-0.3, -0.25) is 9.36 Å². The molecule has 0 fully saturated rings. The first-order valence-corrected chi connectivity index (χ1v) is 31.2. The van der Waals surface area contributed by atoms with E-state index in [0.29, 0.717) is 23.9 Å². The van der Waals surface area contributed by atoms with Crippen LogP contribution < -0.4 is 10.2 Å². The predicted molar refractivity (Wildman–Crippen MR) is 307 cm³/mol. The van der Waals surface area contributed by atoms with Gasteiger partial charge in [0.25, 0.3) is 7.82 Å². The summed E-state index contributed by atoms with van der Waals surface area (Å²) in [5, 5.41) is 14.0. The lowest BCUT2D eigenvalue weighted by Gasteiger charge is -2.30. The zero-order valence-electron chi connectivity index (χ0n) is 47.2. The van der Waals surface area contributed by atoms with E-state index < -0.39 is 20.0 Å². The topological polar surface area (TPSA) is 108 Å². The Labute approximate surface area is 440 Å². The summed E-state index contributed by atoms with van der Waals surface area (Å²) in [7, 11) is 1.30. The molecule has 0 aromatic carbocycles. The maximum Gasteiger partial charge on any atom is 0.268 e. The molecule has 0 spiro atoms. The van der Waals surface area contributed by atoms with E-state index in [2.05, 4.69) is 92.1 Å². The van der Waals surface area contributed by atoms with Gasteiger partial charge in [0.2, 0.25) is 5.91 Å². The molecule has 0 saturated heterocycles. The summed E-state index contributed by atoms with van der Waals surface area (Å²) in [5.74, 6) is -0.173. The summed E-state index contributed by atoms with van der Waals surface area (Å²) >= 11 is 0. The highest BCUT2D eigenvalue weighted by Crippen LogP contribution is 2.38. The molecule has 0 aliphatic heterocycles. The first kappa shape index (κ1) is 68.9. The third-order valence-corrected chi connectivity index (χ3v) is 14.2. The van der Waals surface area contributed by atoms with Gasteiger partial charge < -0.3 is 28.8 Å². The number of carbonyl (C=O) groups is 1. The Morgan fingerprint density at radius 1 is 0.507 bits per heavy atom. The van der Waals surface area contributed by atoms with Crippen molar-refractivity contribution in [1.82, 2.24) is 5.32 Å². The summed E-state index contributed by atoms with van der Waals surface area (Å²) in [6.45, 7) is 4.62. The van der Waals surface area contributed by atoms with E-state index in [1.54, 1.807) is 0 Å². The summed E-state index contributed by atoms with van der Waals surface area (Å²) in [6, 6.07) is -0.811. The molecule has 3 atom stereocenters. The van der Waals surface area contributed by atoms with Gasteiger partial charge >= 0.3 is 0 Å². The van der Waals surface area contributed by atoms with Gasteiger partial charge in [-0.1, -0.05) is 267 Å². The van der Waals surface area contributed by atoms with Crippen LogP contribution in [0, 0.1) is 0 Å². The molecule has 0 saturated carbocycles. The SMILES string of the molecule is CC/C=C\C/C=C\C/C=C\C/C=C\C/C=C\C/C=C\CCCCCCCCCCC(=O)NC(COP(=O)([O-])OCC[N+](C)(C)C)C(O)CCCCCCCCCCCCCCCCCCCCCCCC. The van der Waals surface area contributed by atoms with Crippen LogP contribution in [0.25, 0.3) is 0 Å². The summed E-state index contributed by atoms with van der Waals surface area (Å²) in [6.07, 6.45) is 72.1. The maximum atomic E-state index is 13.0. The molecule has 2 N–H and O–H groups in total. The molecule has 0 aliphatic rings. The van der Waals surface area contributed by atoms with Crippen LogP contribution in [0.5, 0.6) is 0 Å². The van der Waals surface area contributed by atoms with Gasteiger partial charge in [0.1, 0.15) is 13.2 Å². The van der Waals surface area contributed by atoms with Crippen LogP contribution in [-0.4, -0.2) is 68.5 Å². The van der Waals surface area contributed by atoms with E-state index in [9.17, 15) is 19.4 Å². The number of amides is 1. The minimum Gasteiger partial charge on any atom is -0.756 e. The molecule has 0 rings (SSSR count). The second-order valence-corrected chi connectivity index (χ2v) is 22.7. The summed E-state index contributed by atoms with van der Waals surface area (Å²) in [5.41, 5.74) is 0. The van der Waals surface area contributed by atoms with Crippen LogP contribution in [0.1, 0.15) is 264 Å². The minimum absolute atomic E-state index is 0.00760. The molecular weight excluding hydrogens is 900 g/mol. The largest absolute Gasteiger partial charge is 0.756 e. The predicted octanol–water partition coefficient (Wildman–Crippen LogP) is 17.6. The van der Waals surface area contributed by atoms with Crippen molar-refractivity contribution in [2.75, 3.05) is 40.9 Å². The van der Waals surface area contributed by atoms with Crippen molar-refractivity contribution in [2.24, 2.45) is 0 Å². The van der Waals surface area contributed by atoms with Crippen molar-refractivity contribution >= 4 is 13.7 Å². The van der Waals surface area contributed by atoms with Gasteiger partial charge in [0.15, 0.2) is 0 Å². The first-order chi connectivity index (χ1) is 34.5. The summed E-state index contributed by atoms with van der Waals surface area (Å²) < 4.78 is 23.4. The Balaban J connectivity index is 4.20. The van der Waals surface area contributed by atoms with E-state index in [4.69, 9.17) is 9.05 Å². The molecule has 3 unspecified atom stereocenters. The zero-order chi connectivity index (χ0) is 52.0. The Kier molecular flexibility index (Phi) is 51.3. The third-order valence-electron chi connectivity index (χ3n) is 13.2. The zero-order valence-corrected chi connectivity index (χ0v) is 48.1. The van der Waals surface area contributed by atoms with Crippen molar-refractivity contribution < 1.29 is 32.9 Å². The number of hydrogen-bond donors (Lipinski definition) is 2. The number of aliphatic hydroxyl groups is 1. The molecule has 0 bridgehead atoms. The van der Waals surface area contributed by atoms with Gasteiger partial charge in [0, 0.05) is 6.42 Å². The van der Waals surface area contributed by atoms with Crippen molar-refractivity contribution in [1.29, 1.82) is 0 Å². The van der Waals surface area contributed by atoms with E-state index in [1.807, 2.05) is 21.1 Å². The fraction of sp³-hybridized carbons (Fsp3) is 0.790. The lowest BCUT2D eigenvalue weighted by Crippen LogP contribution is -2.46. The molecule has 0 radical (unpaired) electrons. The lowest BCUT2D eigenvalue weighted by atomic mass is 10.0. The Bertz CT molecular complexity index is 1380. The van der Waals surface area contributed by atoms with E-state index in [0.717, 1.165) is 83.5 Å². The molecule has 0 aliphatic carbocycles. The van der Waals surface area contributed by atoms with Crippen LogP contribution in [0.15, 0.2) is 72.9 Å². The monoisotopic (exact) mass is 1010 g/mol. The molecule has 414 valence electrons. The Hall–Kier alpha value is -2.06. The van der Waals surface area contributed by atoms with Gasteiger partial charge in [0.05, 0.1) is 39.9 Å². The molecule has 0 aromatic heterocycles. The van der Waals surface area contributed by atoms with Gasteiger partial charge in [-0.25, -0.2) is 0 Å². The van der Waals surface area contributed by atoms with Crippen molar-refractivity contribution in [3.05, 3.63) is 72.9 Å². The fourth-order valence-electron chi connectivity index (χ4n) is 8.57. The van der Waals surface area contributed by atoms with Crippen LogP contribution in [0.4, 0.5) is 0 Å². The van der Waals surface area contributed by atoms with E-state index in [-0.39, 0.29) is 19.1 Å². The van der Waals surface area contributed by atoms with Crippen LogP contribution in [-0.2, 0) is 18.4 Å². The number of allylic oxidation sites excluding steroid dienone is 12. The van der Waals surface area contributed by atoms with Crippen LogP contribution in [0.2, 0.25) is 0 Å². The molecule has 1 amide bonds. The van der Waals surface area contributed by atoms with Crippen molar-refractivity contribution in [2.45, 2.75) is 276 Å². The highest BCUT2D eigenvalue weighted by Gasteiger charge is 2.24. The quantitative estimate of drug-likeness (QED) is 0.0272. The smallest absolute Gasteiger partial charge is 0.268 e. The highest BCUT2D eigenvalue weighted by molar-refractivity contribution is 7.45. The van der Waals surface area contributed by atoms with Gasteiger partial charge in [-0.05, 0) is 64.2 Å². The number of carbonyl (C=O) groups excluding carboxylic acids is 1. The number of hydrogen-bond acceptors (Lipinski definition) is 6. The van der Waals surface area contributed by atoms with Crippen LogP contribution >= 0.6 is 7.82 Å². The molecule has 0 heterocycles. The molecule has 71 heavy (non-hydrogen) atoms. The molecule has 9 heteroatoms. The number of quaternary nitrogens is 1. The van der Waals surface area contributed by atoms with Gasteiger partial charge in [-0.2, -0.15) is 0 Å². The number of rotatable bonds is 54. The van der Waals surface area contributed by atoms with Gasteiger partial charge in [-0.15, -0.1) is 0 Å². The average molecular weight is 1020 g/mol. The first-order valence-electron chi connectivity index (χ1n) is 29.8. The average Bonchev–Trinajstić information content (AvgIpc) is 3.33. The number of nitrogens with zero attached hydrogens (tertiary/aromatic N) is 1. The maximum absolute atomic E-state index is 13.0. The van der Waals surface area contributed by atoms with E-state index >= 15 is 0 Å². The normalized spacial score (nSPS) is 14.4. The summed E-state index contributed by atoms with van der Waals surface area (Å²) in [4.78, 5) is 25.6. The molecular formula is C62H115N2O6P. The molecule has 8 nitrogen and oxygen atoms in total. The second kappa shape index (κ2) is 52.8. The van der Waals surface area contributed by atoms with Crippen molar-refractivity contribution in [3.8, 4) is 0 Å². The lowest BCUT2D eigenvalue weighted by molar-refractivity contribution is -0.870. The van der Waals surface area contributed by atoms with E-state index in [1.165, 1.54) is 154 Å². The number of likely N-dealkylation sites (N-methyl/N-ethyl adjacent to an activating group) is 1. The third kappa shape index (κ3) is 55.5. The van der Waals surface area contributed by atoms with Crippen molar-refractivity contribution in [3.63, 3.8) is 0 Å². The number of unbranched alkanes of at least 4 members (excludes halogenated alkanes) is 29. The standard InChI is InChI=1S/C62H115N2O6P/c1-6-8-10-12-14-16-18-20-22-24-26-28-30-31-32-33-34-36-38-40-42-44-46-48-50-52-54-56-62(66)63-60(59-70-71(67,68)69-58-57-64(3,4)5)61(65)55-53-51-49-47-45-43-41-39-37-35-29-27-25-23-21-19-17-15-13-11-9-7-2/h8,10,14,16,20,22,26,28,31-32,34,36,60-61,65H,6-7,9,11-13,15,17-19,21,23-25,27,29-30,33,35,37-59H2,1-5H3,(H-,63,66,67,68)/b10-8-,16-14-,22-20-,28-26-,32-31-,36-34-. The number of aliphatic hydroxyl groups excluding tert-OH is 1. The highest BCUT2D eigenvalue weighted by atomic mass is 31.2. The minimum atomic E-state index is -4.58. The fourth-order valence-corrected chi connectivity index (χ4v) is 9.30.